The Morgan fingerprint density at radius 2 is 1.15 bits per heavy atom. The van der Waals surface area contributed by atoms with E-state index in [1.54, 1.807) is 0 Å². The van der Waals surface area contributed by atoms with Crippen LogP contribution in [0, 0.1) is 5.92 Å². The average Bonchev–Trinajstić information content (AvgIpc) is 2.81. The SMILES string of the molecule is C[N+]1(CCOP(=O)([O-])OCCCCCC2CCCCCCCCCCCCCC2)CCCCC1. The van der Waals surface area contributed by atoms with Crippen LogP contribution < -0.4 is 4.89 Å². The standard InChI is InChI=1S/C28H56NO4P/c1-29(23-17-13-18-24-29)25-27-33-34(30,31)32-26-19-12-16-22-28-20-14-10-8-6-4-2-3-5-7-9-11-15-21-28/h28H,2-27H2,1H3. The molecule has 2 aliphatic rings. The second-order valence-electron chi connectivity index (χ2n) is 11.5. The van der Waals surface area contributed by atoms with Crippen molar-refractivity contribution in [1.29, 1.82) is 0 Å². The molecule has 5 nitrogen and oxygen atoms in total. The number of likely N-dealkylation sites (tertiary alicyclic amines) is 1. The molecule has 0 aromatic rings. The third-order valence-electron chi connectivity index (χ3n) is 8.26. The van der Waals surface area contributed by atoms with E-state index in [1.807, 2.05) is 0 Å². The van der Waals surface area contributed by atoms with Crippen LogP contribution in [0.5, 0.6) is 0 Å². The lowest BCUT2D eigenvalue weighted by Gasteiger charge is -2.38. The monoisotopic (exact) mass is 501 g/mol. The van der Waals surface area contributed by atoms with Gasteiger partial charge in [0, 0.05) is 0 Å². The number of likely N-dealkylation sites (N-methyl/N-ethyl adjacent to an activating group) is 1. The maximum Gasteiger partial charge on any atom is 0.268 e. The van der Waals surface area contributed by atoms with Gasteiger partial charge in [-0.15, -0.1) is 0 Å². The van der Waals surface area contributed by atoms with Crippen molar-refractivity contribution in [3.8, 4) is 0 Å². The van der Waals surface area contributed by atoms with Crippen molar-refractivity contribution in [2.75, 3.05) is 39.9 Å². The summed E-state index contributed by atoms with van der Waals surface area (Å²) in [7, 11) is -1.96. The smallest absolute Gasteiger partial charge is 0.268 e. The lowest BCUT2D eigenvalue weighted by molar-refractivity contribution is -0.914. The summed E-state index contributed by atoms with van der Waals surface area (Å²) < 4.78 is 23.3. The van der Waals surface area contributed by atoms with Crippen LogP contribution in [0.3, 0.4) is 0 Å². The number of hydrogen-bond donors (Lipinski definition) is 0. The first-order valence-corrected chi connectivity index (χ1v) is 16.4. The first-order valence-electron chi connectivity index (χ1n) is 14.9. The van der Waals surface area contributed by atoms with Gasteiger partial charge in [0.25, 0.3) is 7.82 Å². The zero-order chi connectivity index (χ0) is 24.4. The molecule has 1 heterocycles. The van der Waals surface area contributed by atoms with Crippen molar-refractivity contribution >= 4 is 7.82 Å². The van der Waals surface area contributed by atoms with Crippen LogP contribution in [0.25, 0.3) is 0 Å². The van der Waals surface area contributed by atoms with Gasteiger partial charge >= 0.3 is 0 Å². The second-order valence-corrected chi connectivity index (χ2v) is 12.9. The van der Waals surface area contributed by atoms with E-state index < -0.39 is 7.82 Å². The Morgan fingerprint density at radius 1 is 0.676 bits per heavy atom. The van der Waals surface area contributed by atoms with Gasteiger partial charge in [-0.3, -0.25) is 4.57 Å². The van der Waals surface area contributed by atoms with Crippen LogP contribution in [0.1, 0.15) is 135 Å². The zero-order valence-corrected chi connectivity index (χ0v) is 23.4. The highest BCUT2D eigenvalue weighted by atomic mass is 31.2. The molecule has 34 heavy (non-hydrogen) atoms. The van der Waals surface area contributed by atoms with Gasteiger partial charge in [0.2, 0.25) is 0 Å². The summed E-state index contributed by atoms with van der Waals surface area (Å²) in [6.45, 7) is 3.48. The molecule has 2 rings (SSSR count). The van der Waals surface area contributed by atoms with Crippen molar-refractivity contribution in [1.82, 2.24) is 0 Å². The first-order chi connectivity index (χ1) is 16.5. The molecule has 1 aliphatic heterocycles. The fraction of sp³-hybridized carbons (Fsp3) is 1.00. The minimum atomic E-state index is -4.16. The number of piperidine rings is 1. The first kappa shape index (κ1) is 30.3. The Labute approximate surface area is 211 Å². The number of unbranched alkanes of at least 4 members (excludes halogenated alkanes) is 2. The lowest BCUT2D eigenvalue weighted by atomic mass is 9.90. The molecule has 1 unspecified atom stereocenters. The molecule has 0 aromatic carbocycles. The highest BCUT2D eigenvalue weighted by Gasteiger charge is 2.25. The predicted octanol–water partition coefficient (Wildman–Crippen LogP) is 7.77. The van der Waals surface area contributed by atoms with E-state index in [1.165, 1.54) is 122 Å². The number of phosphoric ester groups is 1. The van der Waals surface area contributed by atoms with E-state index >= 15 is 0 Å². The number of quaternary nitrogens is 1. The van der Waals surface area contributed by atoms with Gasteiger partial charge in [-0.2, -0.15) is 0 Å². The Bertz CT molecular complexity index is 522. The number of nitrogens with zero attached hydrogens (tertiary/aromatic N) is 1. The van der Waals surface area contributed by atoms with E-state index in [-0.39, 0.29) is 13.2 Å². The summed E-state index contributed by atoms with van der Waals surface area (Å²) in [6.07, 6.45) is 27.9. The number of rotatable bonds is 11. The van der Waals surface area contributed by atoms with Crippen LogP contribution >= 0.6 is 7.82 Å². The van der Waals surface area contributed by atoms with Gasteiger partial charge in [-0.25, -0.2) is 0 Å². The summed E-state index contributed by atoms with van der Waals surface area (Å²) in [4.78, 5) is 12.1. The molecule has 0 N–H and O–H groups in total. The Kier molecular flexibility index (Phi) is 16.3. The van der Waals surface area contributed by atoms with Crippen molar-refractivity contribution in [2.24, 2.45) is 5.92 Å². The van der Waals surface area contributed by atoms with Crippen molar-refractivity contribution in [2.45, 2.75) is 135 Å². The number of phosphoric acid groups is 1. The van der Waals surface area contributed by atoms with E-state index in [4.69, 9.17) is 9.05 Å². The van der Waals surface area contributed by atoms with Crippen molar-refractivity contribution in [3.05, 3.63) is 0 Å². The molecule has 2 fully saturated rings. The molecule has 1 atom stereocenters. The third-order valence-corrected chi connectivity index (χ3v) is 9.25. The molecule has 0 spiro atoms. The van der Waals surface area contributed by atoms with Gasteiger partial charge in [0.05, 0.1) is 26.7 Å². The minimum Gasteiger partial charge on any atom is -0.756 e. The normalized spacial score (nSPS) is 24.1. The lowest BCUT2D eigenvalue weighted by Crippen LogP contribution is -2.49. The fourth-order valence-corrected chi connectivity index (χ4v) is 6.60. The van der Waals surface area contributed by atoms with Crippen LogP contribution in [0.15, 0.2) is 0 Å². The summed E-state index contributed by atoms with van der Waals surface area (Å²) in [5.74, 6) is 0.860. The molecule has 6 heteroatoms. The van der Waals surface area contributed by atoms with Crippen LogP contribution in [0.2, 0.25) is 0 Å². The Hall–Kier alpha value is 0.0700. The molecule has 0 aromatic heterocycles. The van der Waals surface area contributed by atoms with Gasteiger partial charge < -0.3 is 18.4 Å². The molecule has 1 saturated heterocycles. The predicted molar refractivity (Wildman–Crippen MR) is 141 cm³/mol. The van der Waals surface area contributed by atoms with Gasteiger partial charge in [0.15, 0.2) is 0 Å². The van der Waals surface area contributed by atoms with Crippen molar-refractivity contribution < 1.29 is 23.0 Å². The average molecular weight is 502 g/mol. The van der Waals surface area contributed by atoms with Gasteiger partial charge in [-0.05, 0) is 31.6 Å². The summed E-state index contributed by atoms with van der Waals surface area (Å²) in [5.41, 5.74) is 0. The van der Waals surface area contributed by atoms with Gasteiger partial charge in [0.1, 0.15) is 13.2 Å². The van der Waals surface area contributed by atoms with Gasteiger partial charge in [-0.1, -0.05) is 109 Å². The van der Waals surface area contributed by atoms with Crippen LogP contribution in [-0.2, 0) is 13.6 Å². The second kappa shape index (κ2) is 18.3. The molecule has 0 radical (unpaired) electrons. The Morgan fingerprint density at radius 3 is 1.71 bits per heavy atom. The molecule has 0 bridgehead atoms. The van der Waals surface area contributed by atoms with E-state index in [9.17, 15) is 9.46 Å². The van der Waals surface area contributed by atoms with Crippen LogP contribution in [-0.4, -0.2) is 44.4 Å². The molecule has 202 valence electrons. The summed E-state index contributed by atoms with van der Waals surface area (Å²) in [5, 5.41) is 0. The molecule has 1 saturated carbocycles. The maximum absolute atomic E-state index is 12.1. The third kappa shape index (κ3) is 15.2. The Balaban J connectivity index is 1.54. The van der Waals surface area contributed by atoms with E-state index in [2.05, 4.69) is 7.05 Å². The zero-order valence-electron chi connectivity index (χ0n) is 22.5. The van der Waals surface area contributed by atoms with Crippen molar-refractivity contribution in [3.63, 3.8) is 0 Å². The molecule has 0 amide bonds. The minimum absolute atomic E-state index is 0.235. The quantitative estimate of drug-likeness (QED) is 0.165. The molecule has 1 aliphatic carbocycles. The highest BCUT2D eigenvalue weighted by molar-refractivity contribution is 7.45. The molecular weight excluding hydrogens is 445 g/mol. The van der Waals surface area contributed by atoms with E-state index in [0.29, 0.717) is 0 Å². The van der Waals surface area contributed by atoms with Crippen LogP contribution in [0.4, 0.5) is 0 Å². The summed E-state index contributed by atoms with van der Waals surface area (Å²) >= 11 is 0. The number of hydrogen-bond acceptors (Lipinski definition) is 4. The van der Waals surface area contributed by atoms with E-state index in [0.717, 1.165) is 42.9 Å². The largest absolute Gasteiger partial charge is 0.756 e. The molecular formula is C28H56NO4P. The fourth-order valence-electron chi connectivity index (χ4n) is 5.86. The summed E-state index contributed by atoms with van der Waals surface area (Å²) in [6, 6.07) is 0. The maximum atomic E-state index is 12.1. The topological polar surface area (TPSA) is 58.6 Å². The highest BCUT2D eigenvalue weighted by Crippen LogP contribution is 2.38.